The molecular weight excluding hydrogens is 368 g/mol. The van der Waals surface area contributed by atoms with Crippen LogP contribution in [0, 0.1) is 6.92 Å². The minimum Gasteiger partial charge on any atom is -0.340 e. The minimum absolute atomic E-state index is 0.390. The molecule has 3 aromatic rings. The molecule has 154 valence electrons. The Morgan fingerprint density at radius 2 is 1.76 bits per heavy atom. The van der Waals surface area contributed by atoms with E-state index in [4.69, 9.17) is 4.98 Å². The number of rotatable bonds is 5. The number of imidazole rings is 1. The van der Waals surface area contributed by atoms with E-state index in [1.165, 1.54) is 10.1 Å². The molecule has 1 fully saturated rings. The van der Waals surface area contributed by atoms with Gasteiger partial charge in [0.05, 0.1) is 6.54 Å². The van der Waals surface area contributed by atoms with E-state index in [1.54, 1.807) is 7.05 Å². The number of piperazine rings is 1. The molecular formula is C21H28N6O2. The van der Waals surface area contributed by atoms with Crippen LogP contribution < -0.4 is 16.1 Å². The van der Waals surface area contributed by atoms with Crippen molar-refractivity contribution in [3.63, 3.8) is 0 Å². The summed E-state index contributed by atoms with van der Waals surface area (Å²) in [6, 6.07) is 8.27. The highest BCUT2D eigenvalue weighted by Crippen LogP contribution is 2.22. The van der Waals surface area contributed by atoms with Crippen molar-refractivity contribution in [3.05, 3.63) is 56.2 Å². The van der Waals surface area contributed by atoms with E-state index < -0.39 is 11.2 Å². The average molecular weight is 396 g/mol. The second-order valence-electron chi connectivity index (χ2n) is 7.80. The predicted octanol–water partition coefficient (Wildman–Crippen LogP) is 1.31. The van der Waals surface area contributed by atoms with Crippen LogP contribution in [0.25, 0.3) is 11.2 Å². The third-order valence-corrected chi connectivity index (χ3v) is 5.64. The van der Waals surface area contributed by atoms with Crippen LogP contribution in [0.5, 0.6) is 0 Å². The van der Waals surface area contributed by atoms with Gasteiger partial charge in [0, 0.05) is 33.2 Å². The van der Waals surface area contributed by atoms with Crippen LogP contribution in [-0.4, -0.2) is 56.7 Å². The molecule has 1 aliphatic heterocycles. The van der Waals surface area contributed by atoms with Gasteiger partial charge in [-0.25, -0.2) is 4.79 Å². The van der Waals surface area contributed by atoms with Gasteiger partial charge in [-0.3, -0.25) is 23.8 Å². The van der Waals surface area contributed by atoms with E-state index in [1.807, 2.05) is 4.57 Å². The molecule has 3 heterocycles. The highest BCUT2D eigenvalue weighted by atomic mass is 16.2. The fourth-order valence-electron chi connectivity index (χ4n) is 3.98. The molecule has 1 aliphatic rings. The van der Waals surface area contributed by atoms with Gasteiger partial charge >= 0.3 is 5.69 Å². The highest BCUT2D eigenvalue weighted by Gasteiger charge is 2.24. The van der Waals surface area contributed by atoms with Gasteiger partial charge in [-0.05, 0) is 25.5 Å². The fourth-order valence-corrected chi connectivity index (χ4v) is 3.98. The smallest absolute Gasteiger partial charge is 0.329 e. The third-order valence-electron chi connectivity index (χ3n) is 5.64. The number of fused-ring (bicyclic) bond motifs is 1. The normalized spacial score (nSPS) is 15.3. The number of anilines is 1. The number of benzene rings is 1. The molecule has 0 radical (unpaired) electrons. The first kappa shape index (κ1) is 19.4. The molecule has 29 heavy (non-hydrogen) atoms. The number of aromatic amines is 1. The number of aromatic nitrogens is 4. The van der Waals surface area contributed by atoms with E-state index in [0.29, 0.717) is 17.7 Å². The number of hydrogen-bond acceptors (Lipinski definition) is 5. The number of nitrogens with one attached hydrogen (secondary N) is 1. The van der Waals surface area contributed by atoms with E-state index in [9.17, 15) is 9.59 Å². The summed E-state index contributed by atoms with van der Waals surface area (Å²) >= 11 is 0. The lowest BCUT2D eigenvalue weighted by Crippen LogP contribution is -2.47. The number of nitrogens with zero attached hydrogens (tertiary/aromatic N) is 5. The van der Waals surface area contributed by atoms with Crippen molar-refractivity contribution >= 4 is 17.1 Å². The van der Waals surface area contributed by atoms with Gasteiger partial charge in [0.25, 0.3) is 5.56 Å². The number of aryl methyl sites for hydroxylation is 2. The summed E-state index contributed by atoms with van der Waals surface area (Å²) < 4.78 is 3.37. The van der Waals surface area contributed by atoms with E-state index in [2.05, 4.69) is 52.9 Å². The molecule has 1 saturated heterocycles. The first-order chi connectivity index (χ1) is 14.0. The quantitative estimate of drug-likeness (QED) is 0.704. The van der Waals surface area contributed by atoms with Crippen LogP contribution in [-0.2, 0) is 13.6 Å². The fraction of sp³-hybridized carbons (Fsp3) is 0.476. The molecule has 0 amide bonds. The summed E-state index contributed by atoms with van der Waals surface area (Å²) in [4.78, 5) is 36.6. The molecule has 1 aromatic carbocycles. The second kappa shape index (κ2) is 7.87. The van der Waals surface area contributed by atoms with Gasteiger partial charge in [-0.1, -0.05) is 36.8 Å². The average Bonchev–Trinajstić information content (AvgIpc) is 3.09. The maximum Gasteiger partial charge on any atom is 0.329 e. The number of H-pyrrole nitrogens is 1. The van der Waals surface area contributed by atoms with Gasteiger partial charge in [0.2, 0.25) is 5.95 Å². The summed E-state index contributed by atoms with van der Waals surface area (Å²) in [6.07, 6.45) is 1.14. The summed E-state index contributed by atoms with van der Waals surface area (Å²) in [5.41, 5.74) is 2.32. The van der Waals surface area contributed by atoms with Crippen LogP contribution >= 0.6 is 0 Å². The van der Waals surface area contributed by atoms with Crippen molar-refractivity contribution in [1.29, 1.82) is 0 Å². The van der Waals surface area contributed by atoms with Crippen molar-refractivity contribution < 1.29 is 0 Å². The van der Waals surface area contributed by atoms with Crippen LogP contribution in [0.15, 0.2) is 33.9 Å². The maximum absolute atomic E-state index is 12.7. The monoisotopic (exact) mass is 396 g/mol. The van der Waals surface area contributed by atoms with Gasteiger partial charge in [0.1, 0.15) is 0 Å². The van der Waals surface area contributed by atoms with Crippen LogP contribution in [0.3, 0.4) is 0 Å². The SMILES string of the molecule is CCCN1CCN(c2nc3c(c(=O)[nH]c(=O)n3C)n2Cc2ccc(C)cc2)CC1. The summed E-state index contributed by atoms with van der Waals surface area (Å²) in [6.45, 7) is 9.52. The molecule has 0 spiro atoms. The molecule has 0 bridgehead atoms. The van der Waals surface area contributed by atoms with Crippen LogP contribution in [0.2, 0.25) is 0 Å². The largest absolute Gasteiger partial charge is 0.340 e. The number of hydrogen-bond donors (Lipinski definition) is 1. The molecule has 8 heteroatoms. The standard InChI is InChI=1S/C21H28N6O2/c1-4-9-25-10-12-26(13-11-25)20-22-18-17(19(28)23-21(29)24(18)3)27(20)14-16-7-5-15(2)6-8-16/h5-8H,4,9-14H2,1-3H3,(H,23,28,29). The van der Waals surface area contributed by atoms with Crippen molar-refractivity contribution in [2.75, 3.05) is 37.6 Å². The molecule has 8 nitrogen and oxygen atoms in total. The van der Waals surface area contributed by atoms with E-state index >= 15 is 0 Å². The van der Waals surface area contributed by atoms with Crippen molar-refractivity contribution in [2.24, 2.45) is 7.05 Å². The van der Waals surface area contributed by atoms with Gasteiger partial charge in [-0.2, -0.15) is 4.98 Å². The molecule has 4 rings (SSSR count). The first-order valence-electron chi connectivity index (χ1n) is 10.2. The lowest BCUT2D eigenvalue weighted by atomic mass is 10.1. The van der Waals surface area contributed by atoms with Crippen LogP contribution in [0.4, 0.5) is 5.95 Å². The van der Waals surface area contributed by atoms with Crippen LogP contribution in [0.1, 0.15) is 24.5 Å². The zero-order chi connectivity index (χ0) is 20.5. The zero-order valence-electron chi connectivity index (χ0n) is 17.3. The van der Waals surface area contributed by atoms with Crippen molar-refractivity contribution in [1.82, 2.24) is 24.0 Å². The maximum atomic E-state index is 12.7. The molecule has 2 aromatic heterocycles. The Balaban J connectivity index is 1.79. The topological polar surface area (TPSA) is 79.2 Å². The highest BCUT2D eigenvalue weighted by molar-refractivity contribution is 5.74. The molecule has 0 saturated carbocycles. The lowest BCUT2D eigenvalue weighted by Gasteiger charge is -2.35. The minimum atomic E-state index is -0.443. The Kier molecular flexibility index (Phi) is 5.27. The van der Waals surface area contributed by atoms with Gasteiger partial charge < -0.3 is 4.90 Å². The van der Waals surface area contributed by atoms with Gasteiger partial charge in [-0.15, -0.1) is 0 Å². The van der Waals surface area contributed by atoms with Gasteiger partial charge in [0.15, 0.2) is 11.2 Å². The second-order valence-corrected chi connectivity index (χ2v) is 7.80. The lowest BCUT2D eigenvalue weighted by molar-refractivity contribution is 0.257. The molecule has 1 N–H and O–H groups in total. The van der Waals surface area contributed by atoms with Crippen molar-refractivity contribution in [3.8, 4) is 0 Å². The van der Waals surface area contributed by atoms with Crippen molar-refractivity contribution in [2.45, 2.75) is 26.8 Å². The summed E-state index contributed by atoms with van der Waals surface area (Å²) in [5.74, 6) is 0.753. The third kappa shape index (κ3) is 3.72. The Hall–Kier alpha value is -2.87. The Bertz CT molecular complexity index is 1120. The summed E-state index contributed by atoms with van der Waals surface area (Å²) in [5, 5.41) is 0. The Morgan fingerprint density at radius 3 is 2.41 bits per heavy atom. The molecule has 0 aliphatic carbocycles. The van der Waals surface area contributed by atoms with E-state index in [0.717, 1.165) is 50.7 Å². The first-order valence-corrected chi connectivity index (χ1v) is 10.2. The van der Waals surface area contributed by atoms with E-state index in [-0.39, 0.29) is 0 Å². The predicted molar refractivity (Wildman–Crippen MR) is 115 cm³/mol. The summed E-state index contributed by atoms with van der Waals surface area (Å²) in [7, 11) is 1.65. The zero-order valence-corrected chi connectivity index (χ0v) is 17.3. The molecule has 0 unspecified atom stereocenters. The Labute approximate surface area is 169 Å². The molecule has 0 atom stereocenters. The Morgan fingerprint density at radius 1 is 1.07 bits per heavy atom.